The van der Waals surface area contributed by atoms with Gasteiger partial charge in [0.1, 0.15) is 18.1 Å². The summed E-state index contributed by atoms with van der Waals surface area (Å²) >= 11 is 0. The molecule has 0 bridgehead atoms. The Morgan fingerprint density at radius 3 is 1.89 bits per heavy atom. The van der Waals surface area contributed by atoms with E-state index < -0.39 is 66.9 Å². The van der Waals surface area contributed by atoms with Gasteiger partial charge in [-0.1, -0.05) is 0 Å². The molecule has 0 heterocycles. The Morgan fingerprint density at radius 2 is 1.37 bits per heavy atom. The molecular formula is C19H36N8O8. The smallest absolute Gasteiger partial charge is 0.326 e. The van der Waals surface area contributed by atoms with Crippen molar-refractivity contribution in [2.24, 2.45) is 27.9 Å². The summed E-state index contributed by atoms with van der Waals surface area (Å²) in [6.07, 6.45) is 0.607. The lowest BCUT2D eigenvalue weighted by atomic mass is 10.1. The zero-order valence-electron chi connectivity index (χ0n) is 19.3. The van der Waals surface area contributed by atoms with Crippen LogP contribution in [-0.2, 0) is 24.0 Å². The van der Waals surface area contributed by atoms with Crippen LogP contribution in [0.1, 0.15) is 38.5 Å². The number of aliphatic carboxylic acids is 2. The zero-order valence-corrected chi connectivity index (χ0v) is 19.3. The topological polar surface area (TPSA) is 299 Å². The van der Waals surface area contributed by atoms with E-state index in [0.29, 0.717) is 25.8 Å². The Hall–Kier alpha value is -3.50. The minimum atomic E-state index is -1.67. The number of nitrogens with two attached hydrogens (primary N) is 4. The molecule has 200 valence electrons. The number of nitrogens with zero attached hydrogens (tertiary/aromatic N) is 1. The second kappa shape index (κ2) is 17.0. The number of carbonyl (C=O) groups is 5. The molecule has 0 aromatic carbocycles. The van der Waals surface area contributed by atoms with Gasteiger partial charge in [0.15, 0.2) is 5.96 Å². The number of carboxylic acid groups (broad SMARTS) is 2. The Morgan fingerprint density at radius 1 is 0.800 bits per heavy atom. The van der Waals surface area contributed by atoms with E-state index in [0.717, 1.165) is 0 Å². The van der Waals surface area contributed by atoms with Crippen molar-refractivity contribution in [1.29, 1.82) is 0 Å². The van der Waals surface area contributed by atoms with Gasteiger partial charge in [0.05, 0.1) is 19.1 Å². The summed E-state index contributed by atoms with van der Waals surface area (Å²) in [4.78, 5) is 63.6. The minimum absolute atomic E-state index is 0.0441. The van der Waals surface area contributed by atoms with Gasteiger partial charge in [-0.15, -0.1) is 0 Å². The molecule has 0 rings (SSSR count). The summed E-state index contributed by atoms with van der Waals surface area (Å²) < 4.78 is 0. The van der Waals surface area contributed by atoms with Crippen LogP contribution in [0.2, 0.25) is 0 Å². The lowest BCUT2D eigenvalue weighted by Gasteiger charge is -2.23. The summed E-state index contributed by atoms with van der Waals surface area (Å²) in [5.74, 6) is -5.82. The van der Waals surface area contributed by atoms with Crippen LogP contribution in [0.4, 0.5) is 0 Å². The van der Waals surface area contributed by atoms with Crippen molar-refractivity contribution in [2.75, 3.05) is 19.7 Å². The van der Waals surface area contributed by atoms with E-state index in [4.69, 9.17) is 28.0 Å². The Labute approximate surface area is 201 Å². The van der Waals surface area contributed by atoms with Gasteiger partial charge in [-0.25, -0.2) is 4.79 Å². The predicted molar refractivity (Wildman–Crippen MR) is 124 cm³/mol. The number of aliphatic hydroxyl groups is 1. The first-order chi connectivity index (χ1) is 16.4. The fourth-order valence-corrected chi connectivity index (χ4v) is 2.80. The molecule has 4 atom stereocenters. The van der Waals surface area contributed by atoms with Gasteiger partial charge in [0, 0.05) is 6.54 Å². The number of carboxylic acids is 2. The number of nitrogens with one attached hydrogen (secondary N) is 3. The lowest BCUT2D eigenvalue weighted by Crippen LogP contribution is -2.58. The highest BCUT2D eigenvalue weighted by Crippen LogP contribution is 2.04. The number of guanidine groups is 1. The van der Waals surface area contributed by atoms with Crippen LogP contribution in [0.25, 0.3) is 0 Å². The normalized spacial score (nSPS) is 14.0. The van der Waals surface area contributed by atoms with Gasteiger partial charge in [0.25, 0.3) is 0 Å². The van der Waals surface area contributed by atoms with E-state index in [1.807, 2.05) is 0 Å². The molecule has 0 spiro atoms. The first kappa shape index (κ1) is 31.5. The van der Waals surface area contributed by atoms with E-state index in [1.165, 1.54) is 0 Å². The van der Waals surface area contributed by atoms with Gasteiger partial charge < -0.3 is 54.2 Å². The predicted octanol–water partition coefficient (Wildman–Crippen LogP) is -4.50. The zero-order chi connectivity index (χ0) is 27.0. The fraction of sp³-hybridized carbons (Fsp3) is 0.684. The molecule has 35 heavy (non-hydrogen) atoms. The standard InChI is InChI=1S/C19H36N8O8/c20-6-2-1-5-11(18(34)35)25-16(32)12(8-14(29)30)26-17(33)13(9-28)27-15(31)10(21)4-3-7-24-19(22)23/h10-13,28H,1-9,20-21H2,(H,25,32)(H,26,33)(H,27,31)(H,29,30)(H,34,35)(H4,22,23,24). The SMILES string of the molecule is NCCCCC(NC(=O)C(CC(=O)O)NC(=O)C(CO)NC(=O)C(N)CCCN=C(N)N)C(=O)O. The molecule has 16 nitrogen and oxygen atoms in total. The number of unbranched alkanes of at least 4 members (excludes halogenated alkanes) is 1. The van der Waals surface area contributed by atoms with Gasteiger partial charge in [-0.05, 0) is 38.6 Å². The quantitative estimate of drug-likeness (QED) is 0.0480. The second-order valence-electron chi connectivity index (χ2n) is 7.64. The molecule has 0 saturated heterocycles. The molecule has 0 saturated carbocycles. The van der Waals surface area contributed by atoms with Crippen LogP contribution in [0.15, 0.2) is 4.99 Å². The highest BCUT2D eigenvalue weighted by Gasteiger charge is 2.31. The van der Waals surface area contributed by atoms with E-state index in [-0.39, 0.29) is 25.3 Å². The minimum Gasteiger partial charge on any atom is -0.481 e. The molecule has 0 aliphatic rings. The molecule has 0 aromatic heterocycles. The van der Waals surface area contributed by atoms with Gasteiger partial charge >= 0.3 is 11.9 Å². The molecule has 0 radical (unpaired) electrons. The first-order valence-electron chi connectivity index (χ1n) is 10.9. The molecule has 0 aromatic rings. The third kappa shape index (κ3) is 13.7. The number of hydrogen-bond donors (Lipinski definition) is 10. The van der Waals surface area contributed by atoms with E-state index in [2.05, 4.69) is 20.9 Å². The van der Waals surface area contributed by atoms with Crippen LogP contribution in [0.3, 0.4) is 0 Å². The van der Waals surface area contributed by atoms with E-state index >= 15 is 0 Å². The molecule has 3 amide bonds. The third-order valence-corrected chi connectivity index (χ3v) is 4.69. The monoisotopic (exact) mass is 504 g/mol. The number of carbonyl (C=O) groups excluding carboxylic acids is 3. The number of hydrogen-bond acceptors (Lipinski definition) is 9. The molecule has 0 fully saturated rings. The maximum absolute atomic E-state index is 12.5. The van der Waals surface area contributed by atoms with Crippen molar-refractivity contribution < 1.29 is 39.3 Å². The molecule has 16 heteroatoms. The summed E-state index contributed by atoms with van der Waals surface area (Å²) in [6.45, 7) is -0.328. The molecular weight excluding hydrogens is 468 g/mol. The average Bonchev–Trinajstić information content (AvgIpc) is 2.78. The van der Waals surface area contributed by atoms with Crippen molar-refractivity contribution in [3.63, 3.8) is 0 Å². The summed E-state index contributed by atoms with van der Waals surface area (Å²) in [6, 6.07) is -5.60. The summed E-state index contributed by atoms with van der Waals surface area (Å²) in [5.41, 5.74) is 21.5. The van der Waals surface area contributed by atoms with Crippen LogP contribution in [0, 0.1) is 0 Å². The van der Waals surface area contributed by atoms with Crippen LogP contribution in [-0.4, -0.2) is 94.8 Å². The van der Waals surface area contributed by atoms with Crippen LogP contribution < -0.4 is 38.9 Å². The van der Waals surface area contributed by atoms with Gasteiger partial charge in [-0.2, -0.15) is 0 Å². The summed E-state index contributed by atoms with van der Waals surface area (Å²) in [7, 11) is 0. The largest absolute Gasteiger partial charge is 0.481 e. The van der Waals surface area contributed by atoms with Crippen molar-refractivity contribution >= 4 is 35.6 Å². The number of aliphatic imine (C=N–C) groups is 1. The maximum Gasteiger partial charge on any atom is 0.326 e. The van der Waals surface area contributed by atoms with Crippen LogP contribution in [0.5, 0.6) is 0 Å². The van der Waals surface area contributed by atoms with Crippen molar-refractivity contribution in [3.8, 4) is 0 Å². The molecule has 0 aliphatic carbocycles. The van der Waals surface area contributed by atoms with E-state index in [9.17, 15) is 34.2 Å². The second-order valence-corrected chi connectivity index (χ2v) is 7.64. The molecule has 4 unspecified atom stereocenters. The van der Waals surface area contributed by atoms with Crippen molar-refractivity contribution in [2.45, 2.75) is 62.7 Å². The number of amides is 3. The Balaban J connectivity index is 5.13. The average molecular weight is 505 g/mol. The van der Waals surface area contributed by atoms with Gasteiger partial charge in [-0.3, -0.25) is 24.2 Å². The van der Waals surface area contributed by atoms with Crippen molar-refractivity contribution in [3.05, 3.63) is 0 Å². The lowest BCUT2D eigenvalue weighted by molar-refractivity contribution is -0.144. The highest BCUT2D eigenvalue weighted by atomic mass is 16.4. The van der Waals surface area contributed by atoms with Crippen molar-refractivity contribution in [1.82, 2.24) is 16.0 Å². The third-order valence-electron chi connectivity index (χ3n) is 4.69. The fourth-order valence-electron chi connectivity index (χ4n) is 2.80. The highest BCUT2D eigenvalue weighted by molar-refractivity contribution is 5.95. The van der Waals surface area contributed by atoms with Crippen LogP contribution >= 0.6 is 0 Å². The number of aliphatic hydroxyl groups excluding tert-OH is 1. The number of rotatable bonds is 18. The Bertz CT molecular complexity index is 759. The van der Waals surface area contributed by atoms with E-state index in [1.54, 1.807) is 0 Å². The maximum atomic E-state index is 12.5. The first-order valence-corrected chi connectivity index (χ1v) is 10.9. The summed E-state index contributed by atoms with van der Waals surface area (Å²) in [5, 5.41) is 34.4. The Kier molecular flexibility index (Phi) is 15.3. The molecule has 0 aliphatic heterocycles. The molecule has 14 N–H and O–H groups in total. The van der Waals surface area contributed by atoms with Gasteiger partial charge in [0.2, 0.25) is 17.7 Å².